The minimum Gasteiger partial charge on any atom is -0.314 e. The third-order valence-corrected chi connectivity index (χ3v) is 2.22. The first-order valence-corrected chi connectivity index (χ1v) is 4.25. The highest BCUT2D eigenvalue weighted by atomic mass is 16.6. The van der Waals surface area contributed by atoms with Gasteiger partial charge in [0.25, 0.3) is 0 Å². The summed E-state index contributed by atoms with van der Waals surface area (Å²) >= 11 is 0. The van der Waals surface area contributed by atoms with E-state index < -0.39 is 0 Å². The highest BCUT2D eigenvalue weighted by Crippen LogP contribution is 2.19. The Labute approximate surface area is 68.2 Å². The molecule has 0 spiro atoms. The standard InChI is InChI=1S/C8H18N2O/c1-8(2,11-9)6-7-4-3-5-10-7/h7,10H,3-6,9H2,1-2H3. The van der Waals surface area contributed by atoms with Crippen LogP contribution in [0.4, 0.5) is 0 Å². The zero-order valence-electron chi connectivity index (χ0n) is 7.39. The van der Waals surface area contributed by atoms with Gasteiger partial charge in [-0.05, 0) is 39.7 Å². The van der Waals surface area contributed by atoms with Crippen molar-refractivity contribution in [3.63, 3.8) is 0 Å². The van der Waals surface area contributed by atoms with Gasteiger partial charge in [-0.15, -0.1) is 0 Å². The van der Waals surface area contributed by atoms with Crippen LogP contribution in [0.25, 0.3) is 0 Å². The van der Waals surface area contributed by atoms with Gasteiger partial charge in [-0.25, -0.2) is 5.90 Å². The maximum atomic E-state index is 5.16. The minimum atomic E-state index is -0.179. The van der Waals surface area contributed by atoms with E-state index in [-0.39, 0.29) is 5.60 Å². The van der Waals surface area contributed by atoms with Crippen LogP contribution < -0.4 is 11.2 Å². The lowest BCUT2D eigenvalue weighted by Gasteiger charge is -2.25. The lowest BCUT2D eigenvalue weighted by atomic mass is 9.98. The zero-order chi connectivity index (χ0) is 8.32. The number of nitrogens with two attached hydrogens (primary N) is 1. The van der Waals surface area contributed by atoms with Crippen LogP contribution in [0, 0.1) is 0 Å². The maximum absolute atomic E-state index is 5.16. The van der Waals surface area contributed by atoms with E-state index >= 15 is 0 Å². The molecular formula is C8H18N2O. The van der Waals surface area contributed by atoms with Crippen molar-refractivity contribution < 1.29 is 4.84 Å². The fourth-order valence-corrected chi connectivity index (χ4v) is 1.57. The van der Waals surface area contributed by atoms with Crippen molar-refractivity contribution in [2.24, 2.45) is 5.90 Å². The average molecular weight is 158 g/mol. The molecule has 0 aromatic carbocycles. The van der Waals surface area contributed by atoms with Crippen LogP contribution in [0.2, 0.25) is 0 Å². The van der Waals surface area contributed by atoms with E-state index in [4.69, 9.17) is 10.7 Å². The average Bonchev–Trinajstić information content (AvgIpc) is 2.39. The van der Waals surface area contributed by atoms with Gasteiger partial charge >= 0.3 is 0 Å². The van der Waals surface area contributed by atoms with Gasteiger partial charge in [0.05, 0.1) is 5.60 Å². The monoisotopic (exact) mass is 158 g/mol. The summed E-state index contributed by atoms with van der Waals surface area (Å²) in [6, 6.07) is 0.605. The summed E-state index contributed by atoms with van der Waals surface area (Å²) in [5, 5.41) is 3.41. The van der Waals surface area contributed by atoms with Crippen LogP contribution >= 0.6 is 0 Å². The highest BCUT2D eigenvalue weighted by Gasteiger charge is 2.25. The van der Waals surface area contributed by atoms with Crippen LogP contribution in [0.3, 0.4) is 0 Å². The van der Waals surface area contributed by atoms with Crippen molar-refractivity contribution in [3.05, 3.63) is 0 Å². The molecule has 1 saturated heterocycles. The molecule has 1 unspecified atom stereocenters. The SMILES string of the molecule is CC(C)(CC1CCCN1)ON. The summed E-state index contributed by atoms with van der Waals surface area (Å²) in [7, 11) is 0. The molecule has 1 rings (SSSR count). The molecule has 0 aromatic rings. The van der Waals surface area contributed by atoms with Gasteiger partial charge in [0.1, 0.15) is 0 Å². The highest BCUT2D eigenvalue weighted by molar-refractivity contribution is 4.81. The van der Waals surface area contributed by atoms with E-state index in [1.807, 2.05) is 13.8 Å². The molecule has 1 heterocycles. The van der Waals surface area contributed by atoms with E-state index in [0.717, 1.165) is 13.0 Å². The predicted octanol–water partition coefficient (Wildman–Crippen LogP) is 0.797. The van der Waals surface area contributed by atoms with Crippen molar-refractivity contribution in [2.75, 3.05) is 6.54 Å². The Morgan fingerprint density at radius 2 is 2.36 bits per heavy atom. The second kappa shape index (κ2) is 3.52. The fourth-order valence-electron chi connectivity index (χ4n) is 1.57. The molecule has 66 valence electrons. The van der Waals surface area contributed by atoms with Gasteiger partial charge in [-0.3, -0.25) is 4.84 Å². The Kier molecular flexibility index (Phi) is 2.87. The Morgan fingerprint density at radius 3 is 2.82 bits per heavy atom. The summed E-state index contributed by atoms with van der Waals surface area (Å²) in [4.78, 5) is 4.86. The molecule has 0 aliphatic carbocycles. The maximum Gasteiger partial charge on any atom is 0.0852 e. The third-order valence-electron chi connectivity index (χ3n) is 2.22. The smallest absolute Gasteiger partial charge is 0.0852 e. The van der Waals surface area contributed by atoms with Crippen molar-refractivity contribution in [1.29, 1.82) is 0 Å². The van der Waals surface area contributed by atoms with E-state index in [0.29, 0.717) is 6.04 Å². The van der Waals surface area contributed by atoms with Crippen molar-refractivity contribution >= 4 is 0 Å². The van der Waals surface area contributed by atoms with Crippen LogP contribution in [0.5, 0.6) is 0 Å². The largest absolute Gasteiger partial charge is 0.314 e. The van der Waals surface area contributed by atoms with Crippen LogP contribution in [-0.4, -0.2) is 18.2 Å². The van der Waals surface area contributed by atoms with Crippen molar-refractivity contribution in [3.8, 4) is 0 Å². The number of rotatable bonds is 3. The Bertz CT molecular complexity index is 119. The summed E-state index contributed by atoms with van der Waals surface area (Å²) in [6.45, 7) is 5.19. The molecule has 0 saturated carbocycles. The van der Waals surface area contributed by atoms with Crippen molar-refractivity contribution in [2.45, 2.75) is 44.8 Å². The topological polar surface area (TPSA) is 47.3 Å². The molecule has 0 amide bonds. The van der Waals surface area contributed by atoms with Gasteiger partial charge < -0.3 is 5.32 Å². The van der Waals surface area contributed by atoms with Gasteiger partial charge in [0.2, 0.25) is 0 Å². The fraction of sp³-hybridized carbons (Fsp3) is 1.00. The van der Waals surface area contributed by atoms with Crippen molar-refractivity contribution in [1.82, 2.24) is 5.32 Å². The lowest BCUT2D eigenvalue weighted by molar-refractivity contribution is -0.0307. The minimum absolute atomic E-state index is 0.179. The first kappa shape index (κ1) is 8.97. The second-order valence-electron chi connectivity index (χ2n) is 3.87. The van der Waals surface area contributed by atoms with E-state index in [2.05, 4.69) is 5.32 Å². The zero-order valence-corrected chi connectivity index (χ0v) is 7.39. The molecule has 0 bridgehead atoms. The molecule has 0 radical (unpaired) electrons. The van der Waals surface area contributed by atoms with Crippen LogP contribution in [-0.2, 0) is 4.84 Å². The molecule has 3 nitrogen and oxygen atoms in total. The van der Waals surface area contributed by atoms with Gasteiger partial charge in [-0.2, -0.15) is 0 Å². The molecule has 3 heteroatoms. The van der Waals surface area contributed by atoms with E-state index in [9.17, 15) is 0 Å². The molecular weight excluding hydrogens is 140 g/mol. The Morgan fingerprint density at radius 1 is 1.64 bits per heavy atom. The molecule has 1 atom stereocenters. The summed E-state index contributed by atoms with van der Waals surface area (Å²) in [5.74, 6) is 5.16. The molecule has 1 aliphatic heterocycles. The Balaban J connectivity index is 2.28. The normalized spacial score (nSPS) is 25.9. The predicted molar refractivity (Wildman–Crippen MR) is 45.0 cm³/mol. The lowest BCUT2D eigenvalue weighted by Crippen LogP contribution is -2.36. The molecule has 11 heavy (non-hydrogen) atoms. The summed E-state index contributed by atoms with van der Waals surface area (Å²) in [5.41, 5.74) is -0.179. The first-order valence-electron chi connectivity index (χ1n) is 4.25. The van der Waals surface area contributed by atoms with E-state index in [1.165, 1.54) is 12.8 Å². The summed E-state index contributed by atoms with van der Waals surface area (Å²) < 4.78 is 0. The van der Waals surface area contributed by atoms with Gasteiger partial charge in [0, 0.05) is 6.04 Å². The summed E-state index contributed by atoms with van der Waals surface area (Å²) in [6.07, 6.45) is 3.54. The number of nitrogens with one attached hydrogen (secondary N) is 1. The quantitative estimate of drug-likeness (QED) is 0.597. The number of hydrogen-bond acceptors (Lipinski definition) is 3. The van der Waals surface area contributed by atoms with Gasteiger partial charge in [0.15, 0.2) is 0 Å². The van der Waals surface area contributed by atoms with Crippen LogP contribution in [0.15, 0.2) is 0 Å². The Hall–Kier alpha value is -0.120. The first-order chi connectivity index (χ1) is 5.14. The van der Waals surface area contributed by atoms with Crippen LogP contribution in [0.1, 0.15) is 33.1 Å². The number of hydrogen-bond donors (Lipinski definition) is 2. The molecule has 0 aromatic heterocycles. The van der Waals surface area contributed by atoms with E-state index in [1.54, 1.807) is 0 Å². The third kappa shape index (κ3) is 2.77. The van der Waals surface area contributed by atoms with Gasteiger partial charge in [-0.1, -0.05) is 0 Å². The molecule has 1 fully saturated rings. The second-order valence-corrected chi connectivity index (χ2v) is 3.87. The molecule has 1 aliphatic rings. The molecule has 3 N–H and O–H groups in total.